The quantitative estimate of drug-likeness (QED) is 0.884. The van der Waals surface area contributed by atoms with Gasteiger partial charge < -0.3 is 15.1 Å². The third-order valence-electron chi connectivity index (χ3n) is 4.79. The fourth-order valence-corrected chi connectivity index (χ4v) is 3.61. The highest BCUT2D eigenvalue weighted by atomic mass is 35.5. The van der Waals surface area contributed by atoms with E-state index < -0.39 is 0 Å². The summed E-state index contributed by atoms with van der Waals surface area (Å²) in [5, 5.41) is 3.98. The summed E-state index contributed by atoms with van der Waals surface area (Å²) < 4.78 is 0. The lowest BCUT2D eigenvalue weighted by Gasteiger charge is -2.33. The first kappa shape index (κ1) is 18.7. The maximum absolute atomic E-state index is 12.6. The molecule has 0 radical (unpaired) electrons. The van der Waals surface area contributed by atoms with Gasteiger partial charge in [0.05, 0.1) is 22.6 Å². The number of benzene rings is 1. The molecule has 0 saturated carbocycles. The second-order valence-electron chi connectivity index (χ2n) is 6.72. The monoisotopic (exact) mass is 372 g/mol. The van der Waals surface area contributed by atoms with E-state index in [1.165, 1.54) is 0 Å². The lowest BCUT2D eigenvalue weighted by Crippen LogP contribution is -2.48. The van der Waals surface area contributed by atoms with Crippen molar-refractivity contribution in [2.45, 2.75) is 20.8 Å². The summed E-state index contributed by atoms with van der Waals surface area (Å²) in [5.41, 5.74) is 4.36. The van der Waals surface area contributed by atoms with Crippen molar-refractivity contribution in [1.82, 2.24) is 14.8 Å². The molecular weight excluding hydrogens is 348 g/mol. The first-order valence-corrected chi connectivity index (χ1v) is 9.37. The number of likely N-dealkylation sites (N-methyl/N-ethyl adjacent to an activating group) is 1. The van der Waals surface area contributed by atoms with Crippen LogP contribution in [0.25, 0.3) is 0 Å². The summed E-state index contributed by atoms with van der Waals surface area (Å²) in [6.07, 6.45) is 1.69. The predicted octanol–water partition coefficient (Wildman–Crippen LogP) is 3.87. The Morgan fingerprint density at radius 1 is 1.19 bits per heavy atom. The molecule has 0 unspecified atom stereocenters. The van der Waals surface area contributed by atoms with Crippen LogP contribution in [0, 0.1) is 13.8 Å². The summed E-state index contributed by atoms with van der Waals surface area (Å²) in [4.78, 5) is 21.2. The van der Waals surface area contributed by atoms with Crippen LogP contribution >= 0.6 is 11.6 Å². The molecule has 0 spiro atoms. The fourth-order valence-electron chi connectivity index (χ4n) is 3.24. The highest BCUT2D eigenvalue weighted by Crippen LogP contribution is 2.30. The topological polar surface area (TPSA) is 48.5 Å². The van der Waals surface area contributed by atoms with Crippen LogP contribution in [0.5, 0.6) is 0 Å². The summed E-state index contributed by atoms with van der Waals surface area (Å²) in [6, 6.07) is 7.65. The van der Waals surface area contributed by atoms with Gasteiger partial charge in [-0.2, -0.15) is 0 Å². The third kappa shape index (κ3) is 4.17. The van der Waals surface area contributed by atoms with Gasteiger partial charge in [-0.25, -0.2) is 4.98 Å². The molecule has 1 fully saturated rings. The van der Waals surface area contributed by atoms with E-state index in [1.807, 2.05) is 30.9 Å². The smallest absolute Gasteiger partial charge is 0.272 e. The highest BCUT2D eigenvalue weighted by Gasteiger charge is 2.22. The largest absolute Gasteiger partial charge is 0.353 e. The molecule has 5 nitrogen and oxygen atoms in total. The van der Waals surface area contributed by atoms with Crippen molar-refractivity contribution in [3.8, 4) is 0 Å². The van der Waals surface area contributed by atoms with Crippen LogP contribution < -0.4 is 5.32 Å². The van der Waals surface area contributed by atoms with E-state index in [9.17, 15) is 4.79 Å². The van der Waals surface area contributed by atoms with Gasteiger partial charge in [0, 0.05) is 26.2 Å². The number of hydrogen-bond donors (Lipinski definition) is 1. The van der Waals surface area contributed by atoms with Crippen molar-refractivity contribution in [2.75, 3.05) is 38.0 Å². The molecule has 0 aliphatic carbocycles. The molecule has 0 bridgehead atoms. The summed E-state index contributed by atoms with van der Waals surface area (Å²) in [5.74, 6) is -0.00291. The number of pyridine rings is 1. The number of carbonyl (C=O) groups excluding carboxylic acids is 1. The summed E-state index contributed by atoms with van der Waals surface area (Å²) in [7, 11) is 0. The third-order valence-corrected chi connectivity index (χ3v) is 5.09. The SMILES string of the molecule is CCN1CCN(C(=O)c2ccc(Nc3c(C)cc(C)cc3Cl)cn2)CC1. The van der Waals surface area contributed by atoms with E-state index >= 15 is 0 Å². The molecule has 138 valence electrons. The number of amides is 1. The van der Waals surface area contributed by atoms with E-state index in [-0.39, 0.29) is 5.91 Å². The Bertz CT molecular complexity index is 760. The number of hydrogen-bond acceptors (Lipinski definition) is 4. The summed E-state index contributed by atoms with van der Waals surface area (Å²) >= 11 is 6.34. The molecular formula is C20H25ClN4O. The number of aryl methyl sites for hydroxylation is 2. The van der Waals surface area contributed by atoms with E-state index in [4.69, 9.17) is 11.6 Å². The van der Waals surface area contributed by atoms with Gasteiger partial charge in [0.1, 0.15) is 5.69 Å². The van der Waals surface area contributed by atoms with Crippen LogP contribution in [0.4, 0.5) is 11.4 Å². The van der Waals surface area contributed by atoms with Gasteiger partial charge in [0.25, 0.3) is 5.91 Å². The minimum atomic E-state index is -0.00291. The molecule has 26 heavy (non-hydrogen) atoms. The summed E-state index contributed by atoms with van der Waals surface area (Å²) in [6.45, 7) is 10.6. The number of nitrogens with zero attached hydrogens (tertiary/aromatic N) is 3. The maximum atomic E-state index is 12.6. The Kier molecular flexibility index (Phi) is 5.79. The van der Waals surface area contributed by atoms with Crippen molar-refractivity contribution in [1.29, 1.82) is 0 Å². The number of aromatic nitrogens is 1. The lowest BCUT2D eigenvalue weighted by atomic mass is 10.1. The van der Waals surface area contributed by atoms with Gasteiger partial charge in [-0.15, -0.1) is 0 Å². The van der Waals surface area contributed by atoms with Crippen LogP contribution in [-0.2, 0) is 0 Å². The first-order valence-electron chi connectivity index (χ1n) is 8.99. The van der Waals surface area contributed by atoms with Gasteiger partial charge in [-0.3, -0.25) is 4.79 Å². The zero-order valence-electron chi connectivity index (χ0n) is 15.6. The minimum absolute atomic E-state index is 0.00291. The predicted molar refractivity (Wildman–Crippen MR) is 106 cm³/mol. The highest BCUT2D eigenvalue weighted by molar-refractivity contribution is 6.33. The van der Waals surface area contributed by atoms with Crippen molar-refractivity contribution < 1.29 is 4.79 Å². The second kappa shape index (κ2) is 8.06. The Labute approximate surface area is 160 Å². The van der Waals surface area contributed by atoms with Crippen LogP contribution in [0.2, 0.25) is 5.02 Å². The molecule has 1 aliphatic rings. The molecule has 1 N–H and O–H groups in total. The average Bonchev–Trinajstić information content (AvgIpc) is 2.64. The van der Waals surface area contributed by atoms with Gasteiger partial charge >= 0.3 is 0 Å². The van der Waals surface area contributed by atoms with E-state index in [1.54, 1.807) is 12.3 Å². The number of halogens is 1. The molecule has 3 rings (SSSR count). The Morgan fingerprint density at radius 2 is 1.92 bits per heavy atom. The second-order valence-corrected chi connectivity index (χ2v) is 7.13. The van der Waals surface area contributed by atoms with Gasteiger partial charge in [0.2, 0.25) is 0 Å². The standard InChI is InChI=1S/C20H25ClN4O/c1-4-24-7-9-25(10-8-24)20(26)18-6-5-16(13-22-18)23-19-15(3)11-14(2)12-17(19)21/h5-6,11-13,23H,4,7-10H2,1-3H3. The lowest BCUT2D eigenvalue weighted by molar-refractivity contribution is 0.0637. The molecule has 1 aromatic carbocycles. The molecule has 0 atom stereocenters. The van der Waals surface area contributed by atoms with E-state index in [0.29, 0.717) is 10.7 Å². The molecule has 1 amide bonds. The molecule has 1 saturated heterocycles. The number of rotatable bonds is 4. The van der Waals surface area contributed by atoms with Crippen LogP contribution in [0.1, 0.15) is 28.5 Å². The zero-order valence-corrected chi connectivity index (χ0v) is 16.3. The maximum Gasteiger partial charge on any atom is 0.272 e. The first-order chi connectivity index (χ1) is 12.5. The number of carbonyl (C=O) groups is 1. The Hall–Kier alpha value is -2.11. The molecule has 2 aromatic rings. The molecule has 1 aromatic heterocycles. The Balaban J connectivity index is 1.68. The van der Waals surface area contributed by atoms with Gasteiger partial charge in [-0.1, -0.05) is 24.6 Å². The minimum Gasteiger partial charge on any atom is -0.353 e. The van der Waals surface area contributed by atoms with Gasteiger partial charge in [-0.05, 0) is 49.7 Å². The average molecular weight is 373 g/mol. The van der Waals surface area contributed by atoms with Crippen LogP contribution in [0.3, 0.4) is 0 Å². The van der Waals surface area contributed by atoms with Gasteiger partial charge in [0.15, 0.2) is 0 Å². The van der Waals surface area contributed by atoms with Crippen molar-refractivity contribution in [3.63, 3.8) is 0 Å². The van der Waals surface area contributed by atoms with Crippen molar-refractivity contribution in [2.24, 2.45) is 0 Å². The fraction of sp³-hybridized carbons (Fsp3) is 0.400. The van der Waals surface area contributed by atoms with E-state index in [0.717, 1.165) is 55.2 Å². The van der Waals surface area contributed by atoms with Crippen LogP contribution in [0.15, 0.2) is 30.5 Å². The zero-order chi connectivity index (χ0) is 18.7. The van der Waals surface area contributed by atoms with Crippen molar-refractivity contribution >= 4 is 28.9 Å². The molecule has 6 heteroatoms. The van der Waals surface area contributed by atoms with E-state index in [2.05, 4.69) is 28.2 Å². The molecule has 1 aliphatic heterocycles. The normalized spacial score (nSPS) is 15.2. The number of anilines is 2. The van der Waals surface area contributed by atoms with Crippen LogP contribution in [-0.4, -0.2) is 53.4 Å². The molecule has 2 heterocycles. The van der Waals surface area contributed by atoms with Crippen molar-refractivity contribution in [3.05, 3.63) is 52.3 Å². The number of nitrogens with one attached hydrogen (secondary N) is 1. The Morgan fingerprint density at radius 3 is 2.50 bits per heavy atom. The number of piperazine rings is 1.